The Morgan fingerprint density at radius 3 is 2.44 bits per heavy atom. The maximum absolute atomic E-state index is 13.0. The van der Waals surface area contributed by atoms with Crippen LogP contribution in [-0.2, 0) is 11.0 Å². The second-order valence-electron chi connectivity index (χ2n) is 7.13. The van der Waals surface area contributed by atoms with Crippen molar-refractivity contribution in [3.8, 4) is 28.0 Å². The van der Waals surface area contributed by atoms with E-state index in [0.29, 0.717) is 16.9 Å². The maximum Gasteiger partial charge on any atom is 0.433 e. The Hall–Kier alpha value is -4.14. The molecule has 0 aliphatic carbocycles. The number of nitrogens with two attached hydrogens (primary N) is 1. The normalized spacial score (nSPS) is 11.5. The quantitative estimate of drug-likeness (QED) is 0.380. The predicted molar refractivity (Wildman–Crippen MR) is 116 cm³/mol. The average molecular weight is 438 g/mol. The van der Waals surface area contributed by atoms with Crippen molar-refractivity contribution in [2.24, 2.45) is 0 Å². The van der Waals surface area contributed by atoms with Crippen molar-refractivity contribution in [1.29, 1.82) is 0 Å². The van der Waals surface area contributed by atoms with Crippen molar-refractivity contribution in [2.75, 3.05) is 11.1 Å². The van der Waals surface area contributed by atoms with E-state index >= 15 is 0 Å². The molecule has 0 saturated heterocycles. The van der Waals surface area contributed by atoms with Crippen molar-refractivity contribution in [3.05, 3.63) is 66.6 Å². The molecule has 0 aliphatic heterocycles. The van der Waals surface area contributed by atoms with Gasteiger partial charge in [-0.15, -0.1) is 0 Å². The number of aromatic hydroxyl groups is 1. The summed E-state index contributed by atoms with van der Waals surface area (Å²) in [5.74, 6) is -0.322. The van der Waals surface area contributed by atoms with Crippen LogP contribution < -0.4 is 11.1 Å². The highest BCUT2D eigenvalue weighted by molar-refractivity contribution is 5.99. The van der Waals surface area contributed by atoms with Crippen LogP contribution in [0.4, 0.5) is 24.7 Å². The van der Waals surface area contributed by atoms with Gasteiger partial charge in [-0.1, -0.05) is 24.3 Å². The van der Waals surface area contributed by atoms with E-state index < -0.39 is 17.8 Å². The van der Waals surface area contributed by atoms with Gasteiger partial charge in [0.05, 0.1) is 5.69 Å². The first-order valence-corrected chi connectivity index (χ1v) is 9.47. The number of rotatable bonds is 3. The molecule has 0 bridgehead atoms. The molecule has 4 aromatic rings. The van der Waals surface area contributed by atoms with Crippen molar-refractivity contribution in [3.63, 3.8) is 0 Å². The van der Waals surface area contributed by atoms with Crippen LogP contribution in [0, 0.1) is 0 Å². The molecule has 9 heteroatoms. The summed E-state index contributed by atoms with van der Waals surface area (Å²) >= 11 is 0. The van der Waals surface area contributed by atoms with Gasteiger partial charge in [-0.2, -0.15) is 13.2 Å². The van der Waals surface area contributed by atoms with Gasteiger partial charge < -0.3 is 16.2 Å². The smallest absolute Gasteiger partial charge is 0.433 e. The number of aromatic nitrogens is 2. The zero-order valence-corrected chi connectivity index (χ0v) is 16.7. The van der Waals surface area contributed by atoms with Gasteiger partial charge in [0, 0.05) is 35.8 Å². The third-order valence-electron chi connectivity index (χ3n) is 4.94. The summed E-state index contributed by atoms with van der Waals surface area (Å²) in [6.07, 6.45) is -1.98. The molecule has 0 unspecified atom stereocenters. The Labute approximate surface area is 180 Å². The number of nitrogens with one attached hydrogen (secondary N) is 1. The third kappa shape index (κ3) is 3.92. The van der Waals surface area contributed by atoms with Gasteiger partial charge >= 0.3 is 6.18 Å². The molecule has 0 radical (unpaired) electrons. The van der Waals surface area contributed by atoms with E-state index in [9.17, 15) is 23.1 Å². The van der Waals surface area contributed by atoms with Crippen LogP contribution >= 0.6 is 0 Å². The lowest BCUT2D eigenvalue weighted by atomic mass is 9.92. The molecule has 2 aromatic heterocycles. The summed E-state index contributed by atoms with van der Waals surface area (Å²) in [7, 11) is 0. The van der Waals surface area contributed by atoms with Crippen LogP contribution in [0.15, 0.2) is 60.9 Å². The Bertz CT molecular complexity index is 1340. The third-order valence-corrected chi connectivity index (χ3v) is 4.94. The van der Waals surface area contributed by atoms with Gasteiger partial charge in [0.1, 0.15) is 17.3 Å². The van der Waals surface area contributed by atoms with E-state index in [-0.39, 0.29) is 22.6 Å². The van der Waals surface area contributed by atoms with Crippen LogP contribution in [0.1, 0.15) is 12.6 Å². The zero-order chi connectivity index (χ0) is 23.0. The van der Waals surface area contributed by atoms with Crippen LogP contribution in [0.2, 0.25) is 0 Å². The summed E-state index contributed by atoms with van der Waals surface area (Å²) < 4.78 is 38.9. The number of phenolic OH excluding ortho intramolecular Hbond substituents is 1. The number of hydrogen-bond acceptors (Lipinski definition) is 5. The topological polar surface area (TPSA) is 101 Å². The van der Waals surface area contributed by atoms with Crippen LogP contribution in [0.5, 0.6) is 5.75 Å². The summed E-state index contributed by atoms with van der Waals surface area (Å²) in [6, 6.07) is 12.4. The Kier molecular flexibility index (Phi) is 5.17. The molecule has 0 spiro atoms. The first-order chi connectivity index (χ1) is 15.1. The summed E-state index contributed by atoms with van der Waals surface area (Å²) in [4.78, 5) is 19.1. The standard InChI is InChI=1S/C23H17F3N4O2/c1-12(31)30-18-6-5-16(13-2-4-17-14(10-13)8-9-28-22(17)27)20(21(18)32)15-3-7-19(29-11-15)23(24,25)26/h2-11,32H,1H3,(H2,27,28)(H,30,31). The lowest BCUT2D eigenvalue weighted by Gasteiger charge is -2.17. The molecule has 32 heavy (non-hydrogen) atoms. The Balaban J connectivity index is 1.93. The van der Waals surface area contributed by atoms with Gasteiger partial charge in [0.25, 0.3) is 0 Å². The van der Waals surface area contributed by atoms with Gasteiger partial charge in [0.15, 0.2) is 0 Å². The number of fused-ring (bicyclic) bond motifs is 1. The lowest BCUT2D eigenvalue weighted by molar-refractivity contribution is -0.141. The van der Waals surface area contributed by atoms with E-state index in [2.05, 4.69) is 15.3 Å². The van der Waals surface area contributed by atoms with Crippen LogP contribution in [0.25, 0.3) is 33.0 Å². The predicted octanol–water partition coefficient (Wildman–Crippen LogP) is 5.23. The van der Waals surface area contributed by atoms with E-state index in [1.54, 1.807) is 30.5 Å². The number of anilines is 2. The number of hydrogen-bond donors (Lipinski definition) is 3. The minimum Gasteiger partial charge on any atom is -0.505 e. The molecule has 0 fully saturated rings. The number of nitrogens with zero attached hydrogens (tertiary/aromatic N) is 2. The number of alkyl halides is 3. The molecular weight excluding hydrogens is 421 g/mol. The number of amides is 1. The van der Waals surface area contributed by atoms with Crippen molar-refractivity contribution >= 4 is 28.2 Å². The molecule has 0 saturated carbocycles. The average Bonchev–Trinajstić information content (AvgIpc) is 2.74. The SMILES string of the molecule is CC(=O)Nc1ccc(-c2ccc3c(N)nccc3c2)c(-c2ccc(C(F)(F)F)nc2)c1O. The fourth-order valence-corrected chi connectivity index (χ4v) is 3.49. The first-order valence-electron chi connectivity index (χ1n) is 9.47. The van der Waals surface area contributed by atoms with E-state index in [4.69, 9.17) is 5.73 Å². The largest absolute Gasteiger partial charge is 0.505 e. The first kappa shape index (κ1) is 21.1. The van der Waals surface area contributed by atoms with E-state index in [1.807, 2.05) is 6.07 Å². The number of pyridine rings is 2. The van der Waals surface area contributed by atoms with Crippen molar-refractivity contribution < 1.29 is 23.1 Å². The highest BCUT2D eigenvalue weighted by Gasteiger charge is 2.32. The lowest BCUT2D eigenvalue weighted by Crippen LogP contribution is -2.08. The highest BCUT2D eigenvalue weighted by Crippen LogP contribution is 2.44. The summed E-state index contributed by atoms with van der Waals surface area (Å²) in [5.41, 5.74) is 6.71. The van der Waals surface area contributed by atoms with Crippen LogP contribution in [-0.4, -0.2) is 21.0 Å². The van der Waals surface area contributed by atoms with Gasteiger partial charge in [-0.05, 0) is 40.8 Å². The number of carbonyl (C=O) groups is 1. The fourth-order valence-electron chi connectivity index (χ4n) is 3.49. The molecule has 0 aliphatic rings. The minimum atomic E-state index is -4.59. The number of benzene rings is 2. The number of halogens is 3. The number of nitrogen functional groups attached to an aromatic ring is 1. The molecular formula is C23H17F3N4O2. The van der Waals surface area contributed by atoms with E-state index in [1.165, 1.54) is 19.1 Å². The summed E-state index contributed by atoms with van der Waals surface area (Å²) in [6.45, 7) is 1.29. The fraction of sp³-hybridized carbons (Fsp3) is 0.0870. The molecule has 4 N–H and O–H groups in total. The Morgan fingerprint density at radius 1 is 1.03 bits per heavy atom. The molecule has 4 rings (SSSR count). The molecule has 0 atom stereocenters. The highest BCUT2D eigenvalue weighted by atomic mass is 19.4. The molecule has 1 amide bonds. The number of phenols is 1. The van der Waals surface area contributed by atoms with Crippen molar-refractivity contribution in [2.45, 2.75) is 13.1 Å². The Morgan fingerprint density at radius 2 is 1.78 bits per heavy atom. The van der Waals surface area contributed by atoms with Crippen LogP contribution in [0.3, 0.4) is 0 Å². The maximum atomic E-state index is 13.0. The van der Waals surface area contributed by atoms with E-state index in [0.717, 1.165) is 23.0 Å². The zero-order valence-electron chi connectivity index (χ0n) is 16.7. The van der Waals surface area contributed by atoms with Gasteiger partial charge in [-0.3, -0.25) is 9.78 Å². The molecule has 162 valence electrons. The van der Waals surface area contributed by atoms with Crippen molar-refractivity contribution in [1.82, 2.24) is 9.97 Å². The molecule has 2 heterocycles. The summed E-state index contributed by atoms with van der Waals surface area (Å²) in [5, 5.41) is 15.0. The molecule has 6 nitrogen and oxygen atoms in total. The van der Waals surface area contributed by atoms with Gasteiger partial charge in [0.2, 0.25) is 5.91 Å². The second kappa shape index (κ2) is 7.84. The van der Waals surface area contributed by atoms with Gasteiger partial charge in [-0.25, -0.2) is 4.98 Å². The monoisotopic (exact) mass is 438 g/mol. The number of carbonyl (C=O) groups excluding carboxylic acids is 1. The second-order valence-corrected chi connectivity index (χ2v) is 7.13. The minimum absolute atomic E-state index is 0.130. The molecule has 2 aromatic carbocycles.